The number of pyridine rings is 3. The number of rotatable bonds is 10. The van der Waals surface area contributed by atoms with Crippen molar-refractivity contribution in [3.8, 4) is 11.1 Å². The van der Waals surface area contributed by atoms with Crippen LogP contribution in [0.5, 0.6) is 0 Å². The third-order valence-electron chi connectivity index (χ3n) is 14.9. The van der Waals surface area contributed by atoms with Crippen molar-refractivity contribution < 1.29 is 29.1 Å². The van der Waals surface area contributed by atoms with Gasteiger partial charge in [0.25, 0.3) is 23.3 Å². The van der Waals surface area contributed by atoms with Crippen LogP contribution in [0.25, 0.3) is 11.1 Å². The first-order valence-electron chi connectivity index (χ1n) is 23.8. The van der Waals surface area contributed by atoms with Crippen LogP contribution in [-0.2, 0) is 42.6 Å². The smallest absolute Gasteiger partial charge is 0.276 e. The molecule has 0 saturated carbocycles. The van der Waals surface area contributed by atoms with Crippen molar-refractivity contribution in [2.24, 2.45) is 18.4 Å². The summed E-state index contributed by atoms with van der Waals surface area (Å²) in [5, 5.41) is 16.3. The normalized spacial score (nSPS) is 21.4. The molecule has 0 spiro atoms. The number of aryl methyl sites for hydroxylation is 1. The van der Waals surface area contributed by atoms with Crippen molar-refractivity contribution in [3.63, 3.8) is 0 Å². The SMILES string of the molecule is C[C@H]1CN(CC2CN(c3ccc4c(c3)C(=O)N(C3CCC(=O)NC3=O)C4=O)C2)CCN1c1ccc(Nc2cc(-c3ccnc(N4CCn5c(cc6c5CC(C)(C)C6)C4=O)c3CO)cn(C)c2=O)nc1. The standard InChI is InChI=1S/C51H55N11O7/c1-29-23-57(24-30-25-58(26-30)33-5-7-36-37(19-33)48(67)62(47(36)66)40-8-10-44(64)55-46(40)65)13-14-59(29)34-6-9-43(53-22-34)54-39-17-32(27-56(4)49(39)68)35-11-12-52-45(38(35)28-63)61-16-15-60-41(50(61)69)18-31-20-51(2,3)21-42(31)60/h5-7,9,11-12,17-19,22,27,29-30,40,63H,8,10,13-16,20-21,23-26,28H2,1-4H3,(H,53,54)(H,55,64,65)/t29-,40?/m0/s1. The highest BCUT2D eigenvalue weighted by molar-refractivity contribution is 6.23. The molecule has 356 valence electrons. The van der Waals surface area contributed by atoms with Crippen molar-refractivity contribution >= 4 is 58.2 Å². The average molecular weight is 934 g/mol. The van der Waals surface area contributed by atoms with Crippen molar-refractivity contribution in [2.45, 2.75) is 71.7 Å². The summed E-state index contributed by atoms with van der Waals surface area (Å²) in [6, 6.07) is 14.0. The summed E-state index contributed by atoms with van der Waals surface area (Å²) in [7, 11) is 1.68. The molecule has 5 aromatic rings. The number of carbonyl (C=O) groups is 5. The fourth-order valence-corrected chi connectivity index (χ4v) is 11.5. The molecule has 1 unspecified atom stereocenters. The average Bonchev–Trinajstić information content (AvgIpc) is 3.90. The number of nitrogens with one attached hydrogen (secondary N) is 2. The Hall–Kier alpha value is -7.18. The number of aliphatic hydroxyl groups is 1. The molecule has 5 amide bonds. The molecular formula is C51H55N11O7. The fourth-order valence-electron chi connectivity index (χ4n) is 11.5. The lowest BCUT2D eigenvalue weighted by atomic mass is 9.90. The Morgan fingerprint density at radius 1 is 0.841 bits per heavy atom. The lowest BCUT2D eigenvalue weighted by Gasteiger charge is -2.46. The molecule has 11 rings (SSSR count). The molecule has 6 aliphatic rings. The first kappa shape index (κ1) is 44.3. The van der Waals surface area contributed by atoms with E-state index in [0.717, 1.165) is 68.4 Å². The van der Waals surface area contributed by atoms with E-state index in [0.29, 0.717) is 58.7 Å². The summed E-state index contributed by atoms with van der Waals surface area (Å²) >= 11 is 0. The van der Waals surface area contributed by atoms with Crippen molar-refractivity contribution in [3.05, 3.63) is 111 Å². The Bertz CT molecular complexity index is 3040. The molecule has 0 bridgehead atoms. The second kappa shape index (κ2) is 16.8. The fraction of sp³-hybridized carbons (Fsp3) is 0.412. The van der Waals surface area contributed by atoms with E-state index >= 15 is 0 Å². The Labute approximate surface area is 398 Å². The number of nitrogens with zero attached hydrogens (tertiary/aromatic N) is 9. The van der Waals surface area contributed by atoms with E-state index < -0.39 is 29.7 Å². The minimum Gasteiger partial charge on any atom is -0.392 e. The van der Waals surface area contributed by atoms with Crippen LogP contribution in [0.3, 0.4) is 0 Å². The highest BCUT2D eigenvalue weighted by atomic mass is 16.3. The monoisotopic (exact) mass is 933 g/mol. The van der Waals surface area contributed by atoms with Gasteiger partial charge in [-0.15, -0.1) is 0 Å². The van der Waals surface area contributed by atoms with Crippen LogP contribution in [0, 0.1) is 11.3 Å². The molecule has 18 heteroatoms. The second-order valence-electron chi connectivity index (χ2n) is 20.3. The Balaban J connectivity index is 0.708. The molecule has 9 heterocycles. The number of piperidine rings is 1. The summed E-state index contributed by atoms with van der Waals surface area (Å²) < 4.78 is 3.65. The van der Waals surface area contributed by atoms with Gasteiger partial charge in [0.2, 0.25) is 11.8 Å². The lowest BCUT2D eigenvalue weighted by Crippen LogP contribution is -2.57. The van der Waals surface area contributed by atoms with E-state index in [2.05, 4.69) is 55.7 Å². The number of hydrogen-bond donors (Lipinski definition) is 3. The summed E-state index contributed by atoms with van der Waals surface area (Å²) in [6.45, 7) is 12.6. The highest BCUT2D eigenvalue weighted by Gasteiger charge is 2.45. The van der Waals surface area contributed by atoms with E-state index in [1.807, 2.05) is 30.5 Å². The molecule has 4 aromatic heterocycles. The topological polar surface area (TPSA) is 199 Å². The molecule has 2 atom stereocenters. The first-order chi connectivity index (χ1) is 33.1. The molecule has 1 aromatic carbocycles. The number of amides is 5. The number of piperazine rings is 1. The van der Waals surface area contributed by atoms with Gasteiger partial charge in [-0.2, -0.15) is 0 Å². The minimum atomic E-state index is -0.990. The van der Waals surface area contributed by atoms with Crippen molar-refractivity contribution in [1.82, 2.24) is 34.2 Å². The number of aliphatic hydroxyl groups excluding tert-OH is 1. The third-order valence-corrected chi connectivity index (χ3v) is 14.9. The van der Waals surface area contributed by atoms with Gasteiger partial charge in [-0.3, -0.25) is 48.8 Å². The van der Waals surface area contributed by atoms with E-state index in [1.165, 1.54) is 15.8 Å². The van der Waals surface area contributed by atoms with Crippen LogP contribution >= 0.6 is 0 Å². The Morgan fingerprint density at radius 2 is 1.64 bits per heavy atom. The van der Waals surface area contributed by atoms with E-state index in [4.69, 9.17) is 4.98 Å². The predicted molar refractivity (Wildman–Crippen MR) is 258 cm³/mol. The maximum atomic E-state index is 14.0. The molecule has 69 heavy (non-hydrogen) atoms. The number of hydrogen-bond acceptors (Lipinski definition) is 13. The lowest BCUT2D eigenvalue weighted by molar-refractivity contribution is -0.136. The van der Waals surface area contributed by atoms with Gasteiger partial charge in [0, 0.05) is 113 Å². The van der Waals surface area contributed by atoms with Gasteiger partial charge >= 0.3 is 0 Å². The molecule has 3 fully saturated rings. The van der Waals surface area contributed by atoms with Gasteiger partial charge in [0.15, 0.2) is 0 Å². The highest BCUT2D eigenvalue weighted by Crippen LogP contribution is 2.41. The minimum absolute atomic E-state index is 0.0784. The van der Waals surface area contributed by atoms with Gasteiger partial charge in [-0.1, -0.05) is 13.8 Å². The number of anilines is 5. The molecular weight excluding hydrogens is 879 g/mol. The van der Waals surface area contributed by atoms with Gasteiger partial charge < -0.3 is 29.4 Å². The predicted octanol–water partition coefficient (Wildman–Crippen LogP) is 3.71. The summed E-state index contributed by atoms with van der Waals surface area (Å²) in [4.78, 5) is 97.2. The van der Waals surface area contributed by atoms with Crippen molar-refractivity contribution in [1.29, 1.82) is 0 Å². The molecule has 3 N–H and O–H groups in total. The second-order valence-corrected chi connectivity index (χ2v) is 20.3. The van der Waals surface area contributed by atoms with Gasteiger partial charge in [-0.05, 0) is 91.3 Å². The molecule has 3 saturated heterocycles. The summed E-state index contributed by atoms with van der Waals surface area (Å²) in [5.41, 5.74) is 7.63. The van der Waals surface area contributed by atoms with E-state index in [-0.39, 0.29) is 53.5 Å². The zero-order valence-corrected chi connectivity index (χ0v) is 39.2. The van der Waals surface area contributed by atoms with Crippen LogP contribution < -0.4 is 30.9 Å². The number of carbonyl (C=O) groups excluding carboxylic acids is 5. The van der Waals surface area contributed by atoms with Crippen LogP contribution in [0.4, 0.5) is 28.7 Å². The zero-order chi connectivity index (χ0) is 48.0. The van der Waals surface area contributed by atoms with E-state index in [1.54, 1.807) is 48.6 Å². The van der Waals surface area contributed by atoms with Gasteiger partial charge in [0.1, 0.15) is 29.1 Å². The van der Waals surface area contributed by atoms with Crippen LogP contribution in [-0.4, -0.2) is 121 Å². The largest absolute Gasteiger partial charge is 0.392 e. The van der Waals surface area contributed by atoms with Gasteiger partial charge in [-0.25, -0.2) is 9.97 Å². The summed E-state index contributed by atoms with van der Waals surface area (Å²) in [6.07, 6.45) is 7.26. The first-order valence-corrected chi connectivity index (χ1v) is 23.8. The molecule has 18 nitrogen and oxygen atoms in total. The molecule has 0 radical (unpaired) electrons. The third kappa shape index (κ3) is 7.75. The Kier molecular flexibility index (Phi) is 10.8. The van der Waals surface area contributed by atoms with E-state index in [9.17, 15) is 33.9 Å². The van der Waals surface area contributed by atoms with Crippen LogP contribution in [0.2, 0.25) is 0 Å². The van der Waals surface area contributed by atoms with Crippen LogP contribution in [0.15, 0.2) is 71.9 Å². The Morgan fingerprint density at radius 3 is 2.39 bits per heavy atom. The number of fused-ring (bicyclic) bond motifs is 4. The zero-order valence-electron chi connectivity index (χ0n) is 39.2. The number of aromatic nitrogens is 4. The van der Waals surface area contributed by atoms with Crippen molar-refractivity contribution in [2.75, 3.05) is 65.8 Å². The maximum absolute atomic E-state index is 14.0. The van der Waals surface area contributed by atoms with Gasteiger partial charge in [0.05, 0.1) is 29.6 Å². The molecule has 1 aliphatic carbocycles. The van der Waals surface area contributed by atoms with Crippen LogP contribution in [0.1, 0.15) is 81.6 Å². The summed E-state index contributed by atoms with van der Waals surface area (Å²) in [5.74, 6) is -0.812. The maximum Gasteiger partial charge on any atom is 0.276 e. The number of benzene rings is 1. The number of imide groups is 2. The quantitative estimate of drug-likeness (QED) is 0.172. The molecule has 5 aliphatic heterocycles.